The number of hydrogen-bond donors (Lipinski definition) is 5. The van der Waals surface area contributed by atoms with Gasteiger partial charge >= 0.3 is 0 Å². The van der Waals surface area contributed by atoms with Crippen LogP contribution < -0.4 is 0 Å². The number of aliphatic hydroxyl groups excluding tert-OH is 5. The summed E-state index contributed by atoms with van der Waals surface area (Å²) in [6.45, 7) is -0.543. The summed E-state index contributed by atoms with van der Waals surface area (Å²) in [4.78, 5) is 0. The van der Waals surface area contributed by atoms with Crippen LogP contribution in [0.15, 0.2) is 11.6 Å². The Balaban J connectivity index is 2.10. The van der Waals surface area contributed by atoms with Crippen LogP contribution in [0.4, 0.5) is 0 Å². The van der Waals surface area contributed by atoms with Gasteiger partial charge < -0.3 is 35.0 Å². The lowest BCUT2D eigenvalue weighted by atomic mass is 9.89. The van der Waals surface area contributed by atoms with Gasteiger partial charge in [0, 0.05) is 12.5 Å². The lowest BCUT2D eigenvalue weighted by molar-refractivity contribution is -0.310. The predicted molar refractivity (Wildman–Crippen MR) is 72.2 cm³/mol. The number of ether oxygens (including phenoxy) is 2. The molecule has 1 saturated heterocycles. The molecule has 0 amide bonds. The van der Waals surface area contributed by atoms with Crippen LogP contribution in [-0.2, 0) is 9.47 Å². The number of allylic oxidation sites excluding steroid dienone is 1. The van der Waals surface area contributed by atoms with Crippen molar-refractivity contribution in [2.24, 2.45) is 0 Å². The van der Waals surface area contributed by atoms with E-state index in [9.17, 15) is 20.4 Å². The number of nitriles is 1. The van der Waals surface area contributed by atoms with E-state index in [2.05, 4.69) is 0 Å². The summed E-state index contributed by atoms with van der Waals surface area (Å²) >= 11 is 0. The Morgan fingerprint density at radius 1 is 1.23 bits per heavy atom. The van der Waals surface area contributed by atoms with E-state index in [1.54, 1.807) is 0 Å². The van der Waals surface area contributed by atoms with Gasteiger partial charge in [-0.25, -0.2) is 0 Å². The summed E-state index contributed by atoms with van der Waals surface area (Å²) in [5, 5.41) is 57.0. The van der Waals surface area contributed by atoms with E-state index in [-0.39, 0.29) is 6.42 Å². The highest BCUT2D eigenvalue weighted by Crippen LogP contribution is 2.30. The second-order valence-corrected chi connectivity index (χ2v) is 5.60. The smallest absolute Gasteiger partial charge is 0.187 e. The fourth-order valence-corrected chi connectivity index (χ4v) is 2.74. The zero-order chi connectivity index (χ0) is 16.3. The van der Waals surface area contributed by atoms with Crippen molar-refractivity contribution in [2.75, 3.05) is 6.61 Å². The first-order valence-corrected chi connectivity index (χ1v) is 7.20. The van der Waals surface area contributed by atoms with Gasteiger partial charge in [0.05, 0.1) is 24.9 Å². The van der Waals surface area contributed by atoms with Crippen LogP contribution in [-0.4, -0.2) is 75.1 Å². The van der Waals surface area contributed by atoms with E-state index in [1.165, 1.54) is 6.08 Å². The topological polar surface area (TPSA) is 143 Å². The summed E-state index contributed by atoms with van der Waals surface area (Å²) < 4.78 is 10.9. The van der Waals surface area contributed by atoms with E-state index in [0.29, 0.717) is 18.4 Å². The number of aliphatic hydroxyl groups is 5. The maximum absolute atomic E-state index is 9.95. The molecule has 1 heterocycles. The number of rotatable bonds is 3. The van der Waals surface area contributed by atoms with Gasteiger partial charge in [-0.3, -0.25) is 0 Å². The van der Waals surface area contributed by atoms with Gasteiger partial charge in [0.25, 0.3) is 0 Å². The monoisotopic (exact) mass is 315 g/mol. The Kier molecular flexibility index (Phi) is 5.88. The third kappa shape index (κ3) is 3.64. The predicted octanol–water partition coefficient (Wildman–Crippen LogP) is -1.83. The van der Waals surface area contributed by atoms with Gasteiger partial charge in [-0.1, -0.05) is 0 Å². The van der Waals surface area contributed by atoms with Gasteiger partial charge in [-0.15, -0.1) is 0 Å². The van der Waals surface area contributed by atoms with Crippen LogP contribution in [0.2, 0.25) is 0 Å². The van der Waals surface area contributed by atoms with Gasteiger partial charge in [-0.05, 0) is 18.4 Å². The van der Waals surface area contributed by atoms with E-state index in [4.69, 9.17) is 19.8 Å². The highest BCUT2D eigenvalue weighted by molar-refractivity contribution is 5.20. The Hall–Kier alpha value is -1.05. The quantitative estimate of drug-likeness (QED) is 0.382. The van der Waals surface area contributed by atoms with Crippen molar-refractivity contribution in [2.45, 2.75) is 62.2 Å². The van der Waals surface area contributed by atoms with Crippen LogP contribution in [0.25, 0.3) is 0 Å². The molecule has 22 heavy (non-hydrogen) atoms. The van der Waals surface area contributed by atoms with Crippen LogP contribution >= 0.6 is 0 Å². The molecule has 124 valence electrons. The van der Waals surface area contributed by atoms with E-state index in [0.717, 1.165) is 0 Å². The molecule has 2 aliphatic rings. The van der Waals surface area contributed by atoms with Crippen LogP contribution in [0.3, 0.4) is 0 Å². The van der Waals surface area contributed by atoms with Crippen molar-refractivity contribution in [3.05, 3.63) is 11.6 Å². The molecular weight excluding hydrogens is 294 g/mol. The maximum Gasteiger partial charge on any atom is 0.187 e. The minimum absolute atomic E-state index is 0.239. The lowest BCUT2D eigenvalue weighted by Crippen LogP contribution is -2.59. The molecule has 0 unspecified atom stereocenters. The summed E-state index contributed by atoms with van der Waals surface area (Å²) in [6, 6.07) is 1.91. The Bertz CT molecular complexity index is 447. The Morgan fingerprint density at radius 2 is 1.95 bits per heavy atom. The molecule has 0 aromatic heterocycles. The zero-order valence-electron chi connectivity index (χ0n) is 11.9. The molecule has 5 N–H and O–H groups in total. The molecule has 8 heteroatoms. The second kappa shape index (κ2) is 7.48. The van der Waals surface area contributed by atoms with E-state index in [1.807, 2.05) is 6.07 Å². The third-order valence-electron chi connectivity index (χ3n) is 4.06. The van der Waals surface area contributed by atoms with Gasteiger partial charge in [0.2, 0.25) is 0 Å². The van der Waals surface area contributed by atoms with Crippen molar-refractivity contribution in [3.8, 4) is 6.07 Å². The summed E-state index contributed by atoms with van der Waals surface area (Å²) in [5.41, 5.74) is 0.671. The van der Waals surface area contributed by atoms with Crippen molar-refractivity contribution >= 4 is 0 Å². The molecule has 2 rings (SSSR count). The fourth-order valence-electron chi connectivity index (χ4n) is 2.74. The van der Waals surface area contributed by atoms with E-state index < -0.39 is 49.5 Å². The molecule has 0 bridgehead atoms. The summed E-state index contributed by atoms with van der Waals surface area (Å²) in [5.74, 6) is 0. The van der Waals surface area contributed by atoms with E-state index >= 15 is 0 Å². The van der Waals surface area contributed by atoms with Crippen molar-refractivity contribution in [1.29, 1.82) is 5.26 Å². The Labute approximate surface area is 127 Å². The minimum atomic E-state index is -1.52. The molecule has 0 radical (unpaired) electrons. The summed E-state index contributed by atoms with van der Waals surface area (Å²) in [6.07, 6.45) is -5.45. The molecule has 8 nitrogen and oxygen atoms in total. The first-order chi connectivity index (χ1) is 10.5. The SMILES string of the molecule is N#CC=C1CC[C@@H](O)C[C@H]1O[C@@H]1O[C@H](CO)[C@@H](O)[C@H](O)[C@H]1O. The average Bonchev–Trinajstić information content (AvgIpc) is 2.50. The second-order valence-electron chi connectivity index (χ2n) is 5.60. The van der Waals surface area contributed by atoms with Crippen molar-refractivity contribution in [3.63, 3.8) is 0 Å². The lowest BCUT2D eigenvalue weighted by Gasteiger charge is -2.42. The van der Waals surface area contributed by atoms with Crippen LogP contribution in [0.5, 0.6) is 0 Å². The first-order valence-electron chi connectivity index (χ1n) is 7.20. The maximum atomic E-state index is 9.95. The zero-order valence-corrected chi connectivity index (χ0v) is 11.9. The van der Waals surface area contributed by atoms with Crippen molar-refractivity contribution in [1.82, 2.24) is 0 Å². The normalized spacial score (nSPS) is 44.7. The van der Waals surface area contributed by atoms with Crippen LogP contribution in [0.1, 0.15) is 19.3 Å². The molecule has 1 aliphatic carbocycles. The number of hydrogen-bond acceptors (Lipinski definition) is 8. The fraction of sp³-hybridized carbons (Fsp3) is 0.786. The highest BCUT2D eigenvalue weighted by atomic mass is 16.7. The molecule has 1 saturated carbocycles. The standard InChI is InChI=1S/C14H21NO7/c15-4-3-7-1-2-8(17)5-9(7)21-14-13(20)12(19)11(18)10(6-16)22-14/h3,8-14,16-20H,1-2,5-6H2/t8-,9-,10-,11-,12+,13-,14-/m1/s1. The van der Waals surface area contributed by atoms with Gasteiger partial charge in [0.1, 0.15) is 24.4 Å². The first kappa shape index (κ1) is 17.3. The minimum Gasteiger partial charge on any atom is -0.394 e. The molecule has 2 fully saturated rings. The molecule has 1 aliphatic heterocycles. The molecule has 0 spiro atoms. The molecule has 0 aromatic rings. The average molecular weight is 315 g/mol. The van der Waals surface area contributed by atoms with Crippen LogP contribution in [0, 0.1) is 11.3 Å². The van der Waals surface area contributed by atoms with Gasteiger partial charge in [-0.2, -0.15) is 5.26 Å². The number of nitrogens with zero attached hydrogens (tertiary/aromatic N) is 1. The molecular formula is C14H21NO7. The van der Waals surface area contributed by atoms with Crippen molar-refractivity contribution < 1.29 is 35.0 Å². The Morgan fingerprint density at radius 3 is 2.59 bits per heavy atom. The summed E-state index contributed by atoms with van der Waals surface area (Å²) in [7, 11) is 0. The molecule has 0 aromatic carbocycles. The highest BCUT2D eigenvalue weighted by Gasteiger charge is 2.45. The van der Waals surface area contributed by atoms with Gasteiger partial charge in [0.15, 0.2) is 6.29 Å². The largest absolute Gasteiger partial charge is 0.394 e. The third-order valence-corrected chi connectivity index (χ3v) is 4.06. The molecule has 7 atom stereocenters.